The molecule has 1 unspecified atom stereocenters. The molecule has 1 atom stereocenters. The number of allylic oxidation sites excluding steroid dienone is 10. The van der Waals surface area contributed by atoms with Gasteiger partial charge in [-0.1, -0.05) is 58.1 Å². The summed E-state index contributed by atoms with van der Waals surface area (Å²) in [6, 6.07) is 0. The van der Waals surface area contributed by atoms with Crippen LogP contribution in [0.3, 0.4) is 0 Å². The molecule has 0 amide bonds. The summed E-state index contributed by atoms with van der Waals surface area (Å²) in [7, 11) is -0.414. The minimum absolute atomic E-state index is 0. The van der Waals surface area contributed by atoms with Crippen LogP contribution in [-0.2, 0) is 25.8 Å². The predicted molar refractivity (Wildman–Crippen MR) is 100 cm³/mol. The standard InChI is InChI=1S/C21H27Si.Hf/c1-14-18(22(5)6)13-9-12-17-19(14)15(2)21(3,4)20(17)16-10-7-8-11-16;/h7-10,12-14H,11H2,1-6H3;/q-1;. The van der Waals surface area contributed by atoms with Crippen molar-refractivity contribution < 1.29 is 25.8 Å². The fraction of sp³-hybridized carbons (Fsp3) is 0.429. The zero-order valence-corrected chi connectivity index (χ0v) is 19.8. The van der Waals surface area contributed by atoms with Gasteiger partial charge < -0.3 is 0 Å². The Balaban J connectivity index is 0.00000192. The van der Waals surface area contributed by atoms with Gasteiger partial charge in [0.2, 0.25) is 0 Å². The van der Waals surface area contributed by atoms with Crippen LogP contribution in [0, 0.1) is 17.3 Å². The van der Waals surface area contributed by atoms with Crippen molar-refractivity contribution in [2.75, 3.05) is 0 Å². The third-order valence-corrected chi connectivity index (χ3v) is 7.39. The second-order valence-corrected chi connectivity index (χ2v) is 10.1. The van der Waals surface area contributed by atoms with Crippen molar-refractivity contribution in [3.8, 4) is 0 Å². The summed E-state index contributed by atoms with van der Waals surface area (Å²) in [4.78, 5) is 0. The fourth-order valence-corrected chi connectivity index (χ4v) is 5.72. The molecular formula is C21H27HfSi-. The van der Waals surface area contributed by atoms with Crippen molar-refractivity contribution in [2.24, 2.45) is 11.3 Å². The van der Waals surface area contributed by atoms with E-state index in [1.54, 1.807) is 22.2 Å². The first kappa shape index (κ1) is 18.9. The Bertz CT molecular complexity index is 691. The molecule has 0 heterocycles. The van der Waals surface area contributed by atoms with E-state index in [1.807, 2.05) is 0 Å². The van der Waals surface area contributed by atoms with Gasteiger partial charge in [-0.3, -0.25) is 0 Å². The Hall–Kier alpha value is -0.473. The van der Waals surface area contributed by atoms with Gasteiger partial charge in [0.25, 0.3) is 0 Å². The summed E-state index contributed by atoms with van der Waals surface area (Å²) < 4.78 is 0. The molecule has 0 nitrogen and oxygen atoms in total. The Morgan fingerprint density at radius 3 is 2.43 bits per heavy atom. The van der Waals surface area contributed by atoms with E-state index in [9.17, 15) is 0 Å². The predicted octanol–water partition coefficient (Wildman–Crippen LogP) is 5.44. The third kappa shape index (κ3) is 2.98. The van der Waals surface area contributed by atoms with Gasteiger partial charge in [0.1, 0.15) is 0 Å². The van der Waals surface area contributed by atoms with Crippen LogP contribution in [0.4, 0.5) is 0 Å². The number of hydrogen-bond acceptors (Lipinski definition) is 0. The molecule has 0 N–H and O–H groups in total. The zero-order chi connectivity index (χ0) is 16.1. The van der Waals surface area contributed by atoms with Crippen molar-refractivity contribution in [3.63, 3.8) is 0 Å². The largest absolute Gasteiger partial charge is 0.140 e. The zero-order valence-electron chi connectivity index (χ0n) is 15.2. The van der Waals surface area contributed by atoms with Gasteiger partial charge in [-0.15, -0.1) is 52.5 Å². The first-order chi connectivity index (χ1) is 10.4. The Kier molecular flexibility index (Phi) is 5.57. The summed E-state index contributed by atoms with van der Waals surface area (Å²) in [6.07, 6.45) is 14.9. The van der Waals surface area contributed by atoms with E-state index in [4.69, 9.17) is 0 Å². The van der Waals surface area contributed by atoms with E-state index < -0.39 is 8.41 Å². The summed E-state index contributed by atoms with van der Waals surface area (Å²) in [5, 5.41) is 1.65. The van der Waals surface area contributed by atoms with Crippen LogP contribution in [0.2, 0.25) is 13.1 Å². The monoisotopic (exact) mass is 487 g/mol. The number of rotatable bonds is 1. The van der Waals surface area contributed by atoms with Gasteiger partial charge in [0, 0.05) is 34.3 Å². The summed E-state index contributed by atoms with van der Waals surface area (Å²) in [6.45, 7) is 14.4. The maximum Gasteiger partial charge on any atom is 0.00718 e. The summed E-state index contributed by atoms with van der Waals surface area (Å²) in [5.41, 5.74) is 6.32. The molecule has 0 saturated heterocycles. The number of fused-ring (bicyclic) bond motifs is 1. The van der Waals surface area contributed by atoms with Crippen LogP contribution in [0.25, 0.3) is 0 Å². The molecule has 0 radical (unpaired) electrons. The first-order valence-corrected chi connectivity index (χ1v) is 10.9. The SMILES string of the molecule is CC1=C2C(=CC=CC(=[Si](C)C)C2C)[C-](C2=CC=CC2)C1(C)C.[Hf]. The van der Waals surface area contributed by atoms with Crippen molar-refractivity contribution in [3.05, 3.63) is 64.7 Å². The Morgan fingerprint density at radius 2 is 1.87 bits per heavy atom. The quantitative estimate of drug-likeness (QED) is 0.342. The van der Waals surface area contributed by atoms with E-state index in [-0.39, 0.29) is 31.3 Å². The summed E-state index contributed by atoms with van der Waals surface area (Å²) in [5.74, 6) is 2.12. The minimum Gasteiger partial charge on any atom is -0.140 e. The van der Waals surface area contributed by atoms with Crippen molar-refractivity contribution in [1.29, 1.82) is 0 Å². The second kappa shape index (κ2) is 6.80. The molecule has 23 heavy (non-hydrogen) atoms. The molecule has 2 heteroatoms. The van der Waals surface area contributed by atoms with Crippen LogP contribution in [0.15, 0.2) is 58.7 Å². The van der Waals surface area contributed by atoms with Crippen LogP contribution in [0.5, 0.6) is 0 Å². The van der Waals surface area contributed by atoms with Crippen molar-refractivity contribution in [2.45, 2.75) is 47.2 Å². The van der Waals surface area contributed by atoms with E-state index in [0.29, 0.717) is 5.92 Å². The molecule has 0 fully saturated rings. The maximum absolute atomic E-state index is 2.41. The molecule has 0 aromatic rings. The molecule has 120 valence electrons. The topological polar surface area (TPSA) is 0 Å². The normalized spacial score (nSPS) is 25.0. The Morgan fingerprint density at radius 1 is 1.17 bits per heavy atom. The van der Waals surface area contributed by atoms with E-state index in [1.165, 1.54) is 11.1 Å². The van der Waals surface area contributed by atoms with Gasteiger partial charge in [0.15, 0.2) is 0 Å². The molecule has 3 aliphatic rings. The molecule has 0 bridgehead atoms. The van der Waals surface area contributed by atoms with Crippen LogP contribution < -0.4 is 0 Å². The number of hydrogen-bond donors (Lipinski definition) is 0. The van der Waals surface area contributed by atoms with Crippen LogP contribution in [-0.4, -0.2) is 13.6 Å². The van der Waals surface area contributed by atoms with Gasteiger partial charge in [-0.25, -0.2) is 0 Å². The van der Waals surface area contributed by atoms with Crippen LogP contribution in [0.1, 0.15) is 34.1 Å². The molecule has 3 aliphatic carbocycles. The van der Waals surface area contributed by atoms with E-state index >= 15 is 0 Å². The first-order valence-electron chi connectivity index (χ1n) is 8.37. The average Bonchev–Trinajstić information content (AvgIpc) is 2.96. The van der Waals surface area contributed by atoms with Gasteiger partial charge in [0.05, 0.1) is 0 Å². The second-order valence-electron chi connectivity index (χ2n) is 7.48. The van der Waals surface area contributed by atoms with Crippen molar-refractivity contribution >= 4 is 13.6 Å². The molecule has 3 rings (SSSR count). The van der Waals surface area contributed by atoms with Gasteiger partial charge >= 0.3 is 0 Å². The summed E-state index contributed by atoms with van der Waals surface area (Å²) >= 11 is 0. The fourth-order valence-electron chi connectivity index (χ4n) is 4.28. The van der Waals surface area contributed by atoms with Gasteiger partial charge in [-0.05, 0) is 17.8 Å². The molecule has 0 aromatic heterocycles. The smallest absolute Gasteiger partial charge is 0.00718 e. The third-order valence-electron chi connectivity index (χ3n) is 5.63. The molecule has 0 aromatic carbocycles. The molecule has 0 spiro atoms. The van der Waals surface area contributed by atoms with E-state index in [0.717, 1.165) is 6.42 Å². The maximum atomic E-state index is 2.41. The molecule has 0 aliphatic heterocycles. The molecule has 0 saturated carbocycles. The Labute approximate surface area is 162 Å². The van der Waals surface area contributed by atoms with E-state index in [2.05, 4.69) is 77.2 Å². The van der Waals surface area contributed by atoms with Gasteiger partial charge in [-0.2, -0.15) is 0 Å². The van der Waals surface area contributed by atoms with Crippen molar-refractivity contribution in [1.82, 2.24) is 0 Å². The minimum atomic E-state index is -0.414. The average molecular weight is 486 g/mol. The van der Waals surface area contributed by atoms with Crippen LogP contribution >= 0.6 is 0 Å². The molecular weight excluding hydrogens is 459 g/mol.